The van der Waals surface area contributed by atoms with Gasteiger partial charge in [0.05, 0.1) is 0 Å². The summed E-state index contributed by atoms with van der Waals surface area (Å²) in [5.74, 6) is 0.672. The molecule has 0 saturated heterocycles. The van der Waals surface area contributed by atoms with Gasteiger partial charge in [-0.2, -0.15) is 0 Å². The van der Waals surface area contributed by atoms with Crippen LogP contribution < -0.4 is 0 Å². The van der Waals surface area contributed by atoms with E-state index in [-0.39, 0.29) is 46.7 Å². The van der Waals surface area contributed by atoms with E-state index in [2.05, 4.69) is 26.0 Å². The largest absolute Gasteiger partial charge is 0.462 e. The molecule has 4 rings (SSSR count). The Kier molecular flexibility index (Phi) is 5.22. The van der Waals surface area contributed by atoms with Gasteiger partial charge in [-0.15, -0.1) is 0 Å². The summed E-state index contributed by atoms with van der Waals surface area (Å²) in [6.07, 6.45) is 9.33. The molecule has 30 heavy (non-hydrogen) atoms. The molecule has 7 unspecified atom stereocenters. The van der Waals surface area contributed by atoms with Crippen molar-refractivity contribution in [2.24, 2.45) is 28.6 Å². The molecule has 2 fully saturated rings. The van der Waals surface area contributed by atoms with Crippen molar-refractivity contribution < 1.29 is 23.9 Å². The highest BCUT2D eigenvalue weighted by atomic mass is 16.5. The molecule has 0 aromatic carbocycles. The molecule has 4 aliphatic rings. The number of fused-ring (bicyclic) bond motifs is 5. The Morgan fingerprint density at radius 3 is 2.30 bits per heavy atom. The maximum absolute atomic E-state index is 12.4. The van der Waals surface area contributed by atoms with Gasteiger partial charge in [0.15, 0.2) is 5.78 Å². The predicted molar refractivity (Wildman–Crippen MR) is 112 cm³/mol. The van der Waals surface area contributed by atoms with Crippen LogP contribution >= 0.6 is 0 Å². The number of hydrogen-bond acceptors (Lipinski definition) is 5. The zero-order valence-corrected chi connectivity index (χ0v) is 18.8. The van der Waals surface area contributed by atoms with Gasteiger partial charge in [-0.3, -0.25) is 14.4 Å². The minimum Gasteiger partial charge on any atom is -0.462 e. The van der Waals surface area contributed by atoms with Gasteiger partial charge in [-0.25, -0.2) is 0 Å². The Hall–Kier alpha value is -1.91. The molecule has 0 bridgehead atoms. The molecule has 0 amide bonds. The van der Waals surface area contributed by atoms with Gasteiger partial charge in [0, 0.05) is 31.6 Å². The molecule has 0 heterocycles. The lowest BCUT2D eigenvalue weighted by atomic mass is 9.46. The van der Waals surface area contributed by atoms with Gasteiger partial charge in [-0.1, -0.05) is 31.6 Å². The fraction of sp³-hybridized carbons (Fsp3) is 0.720. The number of hydrogen-bond donors (Lipinski definition) is 0. The number of Topliss-reactive ketones (excluding diaryl/α,β-unsaturated/α-hetero) is 1. The summed E-state index contributed by atoms with van der Waals surface area (Å²) in [6, 6.07) is 0. The SMILES string of the molecule is CC(=O)OC1CCC2(C)C(=CCC3C4CC=C(C(C)=O)C4(C)CC(OC(C)=O)C32)C1. The summed E-state index contributed by atoms with van der Waals surface area (Å²) in [6.45, 7) is 9.12. The molecule has 2 saturated carbocycles. The smallest absolute Gasteiger partial charge is 0.302 e. The lowest BCUT2D eigenvalue weighted by Gasteiger charge is -2.59. The minimum absolute atomic E-state index is 0.0585. The van der Waals surface area contributed by atoms with Crippen LogP contribution in [0.1, 0.15) is 73.1 Å². The molecule has 0 aliphatic heterocycles. The van der Waals surface area contributed by atoms with E-state index in [1.807, 2.05) is 0 Å². The molecule has 0 N–H and O–H groups in total. The summed E-state index contributed by atoms with van der Waals surface area (Å²) >= 11 is 0. The van der Waals surface area contributed by atoms with Gasteiger partial charge < -0.3 is 9.47 Å². The summed E-state index contributed by atoms with van der Waals surface area (Å²) in [5.41, 5.74) is 1.96. The van der Waals surface area contributed by atoms with Crippen molar-refractivity contribution in [3.8, 4) is 0 Å². The molecule has 0 aromatic heterocycles. The third-order valence-electron chi connectivity index (χ3n) is 8.58. The summed E-state index contributed by atoms with van der Waals surface area (Å²) in [4.78, 5) is 35.9. The van der Waals surface area contributed by atoms with Crippen LogP contribution in [0.4, 0.5) is 0 Å². The molecule has 0 aromatic rings. The Morgan fingerprint density at radius 2 is 1.67 bits per heavy atom. The van der Waals surface area contributed by atoms with Crippen LogP contribution in [0.2, 0.25) is 0 Å². The van der Waals surface area contributed by atoms with Crippen LogP contribution in [0, 0.1) is 28.6 Å². The second-order valence-corrected chi connectivity index (χ2v) is 10.3. The predicted octanol–water partition coefficient (Wildman–Crippen LogP) is 4.55. The van der Waals surface area contributed by atoms with Crippen molar-refractivity contribution in [3.63, 3.8) is 0 Å². The Balaban J connectivity index is 1.70. The molecule has 0 radical (unpaired) electrons. The van der Waals surface area contributed by atoms with Gasteiger partial charge >= 0.3 is 11.9 Å². The zero-order valence-electron chi connectivity index (χ0n) is 18.8. The number of rotatable bonds is 3. The van der Waals surface area contributed by atoms with Gasteiger partial charge in [0.2, 0.25) is 0 Å². The van der Waals surface area contributed by atoms with E-state index in [0.29, 0.717) is 18.3 Å². The molecule has 5 nitrogen and oxygen atoms in total. The third kappa shape index (κ3) is 3.25. The number of esters is 2. The average Bonchev–Trinajstić information content (AvgIpc) is 2.97. The number of carbonyl (C=O) groups is 3. The molecular formula is C25H34O5. The monoisotopic (exact) mass is 414 g/mol. The second kappa shape index (κ2) is 7.35. The first-order chi connectivity index (χ1) is 14.1. The first-order valence-electron chi connectivity index (χ1n) is 11.3. The standard InChI is InChI=1S/C25H34O5/c1-14(26)20-8-9-21-19-7-6-17-12-18(29-15(2)27)10-11-24(17,4)23(19)22(30-16(3)28)13-25(20,21)5/h6,8,18-19,21-23H,7,9-13H2,1-5H3. The molecular weight excluding hydrogens is 380 g/mol. The van der Waals surface area contributed by atoms with E-state index < -0.39 is 0 Å². The van der Waals surface area contributed by atoms with Gasteiger partial charge in [0.1, 0.15) is 12.2 Å². The quantitative estimate of drug-likeness (QED) is 0.501. The first-order valence-corrected chi connectivity index (χ1v) is 11.3. The fourth-order valence-electron chi connectivity index (χ4n) is 7.50. The van der Waals surface area contributed by atoms with E-state index in [1.54, 1.807) is 6.92 Å². The topological polar surface area (TPSA) is 69.7 Å². The zero-order chi connectivity index (χ0) is 21.8. The van der Waals surface area contributed by atoms with Crippen molar-refractivity contribution in [1.29, 1.82) is 0 Å². The molecule has 7 atom stereocenters. The van der Waals surface area contributed by atoms with Crippen LogP contribution in [0.5, 0.6) is 0 Å². The number of ketones is 1. The summed E-state index contributed by atoms with van der Waals surface area (Å²) in [7, 11) is 0. The maximum atomic E-state index is 12.4. The highest BCUT2D eigenvalue weighted by molar-refractivity contribution is 5.95. The lowest BCUT2D eigenvalue weighted by Crippen LogP contribution is -2.57. The summed E-state index contributed by atoms with van der Waals surface area (Å²) in [5, 5.41) is 0. The van der Waals surface area contributed by atoms with Crippen molar-refractivity contribution >= 4 is 17.7 Å². The Bertz CT molecular complexity index is 838. The molecule has 5 heteroatoms. The second-order valence-electron chi connectivity index (χ2n) is 10.3. The van der Waals surface area contributed by atoms with Crippen LogP contribution in [-0.4, -0.2) is 29.9 Å². The highest BCUT2D eigenvalue weighted by Gasteiger charge is 2.61. The van der Waals surface area contributed by atoms with Crippen LogP contribution in [0.3, 0.4) is 0 Å². The third-order valence-corrected chi connectivity index (χ3v) is 8.58. The minimum atomic E-state index is -0.250. The molecule has 0 spiro atoms. The Morgan fingerprint density at radius 1 is 0.967 bits per heavy atom. The lowest BCUT2D eigenvalue weighted by molar-refractivity contribution is -0.171. The first kappa shape index (κ1) is 21.3. The number of ether oxygens (including phenoxy) is 2. The van der Waals surface area contributed by atoms with E-state index in [9.17, 15) is 14.4 Å². The number of allylic oxidation sites excluding steroid dienone is 3. The van der Waals surface area contributed by atoms with Crippen molar-refractivity contribution in [3.05, 3.63) is 23.3 Å². The number of carbonyl (C=O) groups excluding carboxylic acids is 3. The highest BCUT2D eigenvalue weighted by Crippen LogP contribution is 2.65. The van der Waals surface area contributed by atoms with Crippen LogP contribution in [-0.2, 0) is 23.9 Å². The van der Waals surface area contributed by atoms with Crippen LogP contribution in [0.15, 0.2) is 23.3 Å². The van der Waals surface area contributed by atoms with Gasteiger partial charge in [0.25, 0.3) is 0 Å². The van der Waals surface area contributed by atoms with E-state index in [1.165, 1.54) is 19.4 Å². The summed E-state index contributed by atoms with van der Waals surface area (Å²) < 4.78 is 11.5. The average molecular weight is 415 g/mol. The van der Waals surface area contributed by atoms with E-state index in [0.717, 1.165) is 37.7 Å². The van der Waals surface area contributed by atoms with Crippen LogP contribution in [0.25, 0.3) is 0 Å². The van der Waals surface area contributed by atoms with E-state index >= 15 is 0 Å². The van der Waals surface area contributed by atoms with Crippen molar-refractivity contribution in [1.82, 2.24) is 0 Å². The van der Waals surface area contributed by atoms with E-state index in [4.69, 9.17) is 9.47 Å². The van der Waals surface area contributed by atoms with Crippen molar-refractivity contribution in [2.45, 2.75) is 85.4 Å². The molecule has 4 aliphatic carbocycles. The molecule has 164 valence electrons. The fourth-order valence-corrected chi connectivity index (χ4v) is 7.50. The Labute approximate surface area is 179 Å². The normalized spacial score (nSPS) is 42.1. The maximum Gasteiger partial charge on any atom is 0.302 e. The van der Waals surface area contributed by atoms with Gasteiger partial charge in [-0.05, 0) is 61.9 Å². The van der Waals surface area contributed by atoms with Crippen molar-refractivity contribution in [2.75, 3.05) is 0 Å².